The molecular formula is C49H48BClN2O4. The summed E-state index contributed by atoms with van der Waals surface area (Å²) in [6, 6.07) is 30.7. The zero-order valence-electron chi connectivity index (χ0n) is 34.6. The summed E-state index contributed by atoms with van der Waals surface area (Å²) in [7, 11) is -0.499. The van der Waals surface area contributed by atoms with Crippen LogP contribution < -0.4 is 5.46 Å². The number of aromatic nitrogens is 2. The molecule has 3 heterocycles. The molecule has 288 valence electrons. The summed E-state index contributed by atoms with van der Waals surface area (Å²) in [6.45, 7) is 23.8. The number of nitrogens with zero attached hydrogens (tertiary/aromatic N) is 2. The lowest BCUT2D eigenvalue weighted by atomic mass is 9.74. The van der Waals surface area contributed by atoms with Crippen LogP contribution in [0.5, 0.6) is 0 Å². The minimum Gasteiger partial charge on any atom is -0.478 e. The lowest BCUT2D eigenvalue weighted by Crippen LogP contribution is -2.41. The van der Waals surface area contributed by atoms with E-state index in [1.807, 2.05) is 19.1 Å². The monoisotopic (exact) mass is 774 g/mol. The van der Waals surface area contributed by atoms with Crippen molar-refractivity contribution in [1.29, 1.82) is 0 Å². The van der Waals surface area contributed by atoms with Gasteiger partial charge in [0.2, 0.25) is 0 Å². The van der Waals surface area contributed by atoms with Crippen LogP contribution in [0.1, 0.15) is 96.4 Å². The summed E-state index contributed by atoms with van der Waals surface area (Å²) in [5.41, 5.74) is 7.59. The van der Waals surface area contributed by atoms with E-state index in [2.05, 4.69) is 152 Å². The second-order valence-electron chi connectivity index (χ2n) is 19.1. The third-order valence-electron chi connectivity index (χ3n) is 12.6. The first-order valence-corrected chi connectivity index (χ1v) is 20.1. The molecule has 0 unspecified atom stereocenters. The highest BCUT2D eigenvalue weighted by Gasteiger charge is 2.52. The summed E-state index contributed by atoms with van der Waals surface area (Å²) >= 11 is 6.50. The van der Waals surface area contributed by atoms with Crippen LogP contribution in [0.2, 0.25) is 5.15 Å². The Morgan fingerprint density at radius 1 is 0.719 bits per heavy atom. The van der Waals surface area contributed by atoms with E-state index in [1.54, 1.807) is 0 Å². The van der Waals surface area contributed by atoms with Gasteiger partial charge in [-0.1, -0.05) is 102 Å². The fourth-order valence-electron chi connectivity index (χ4n) is 8.68. The van der Waals surface area contributed by atoms with Crippen LogP contribution in [0, 0.1) is 6.92 Å². The van der Waals surface area contributed by atoms with E-state index < -0.39 is 24.3 Å². The lowest BCUT2D eigenvalue weighted by molar-refractivity contribution is 0.00578. The second kappa shape index (κ2) is 12.3. The number of pyridine rings is 1. The Kier molecular flexibility index (Phi) is 8.11. The van der Waals surface area contributed by atoms with Crippen molar-refractivity contribution >= 4 is 84.3 Å². The summed E-state index contributed by atoms with van der Waals surface area (Å²) < 4.78 is 15.6. The third kappa shape index (κ3) is 5.76. The molecule has 0 bridgehead atoms. The van der Waals surface area contributed by atoms with Crippen LogP contribution in [0.3, 0.4) is 0 Å². The maximum absolute atomic E-state index is 12.6. The van der Waals surface area contributed by atoms with Crippen molar-refractivity contribution in [2.45, 2.75) is 98.2 Å². The predicted molar refractivity (Wildman–Crippen MR) is 238 cm³/mol. The van der Waals surface area contributed by atoms with Crippen LogP contribution in [0.15, 0.2) is 84.9 Å². The second-order valence-corrected chi connectivity index (χ2v) is 19.4. The van der Waals surface area contributed by atoms with Gasteiger partial charge in [-0.05, 0) is 131 Å². The Bertz CT molecular complexity index is 2950. The quantitative estimate of drug-likeness (QED) is 0.109. The maximum Gasteiger partial charge on any atom is 0.495 e. The minimum atomic E-state index is -1.11. The molecule has 1 aliphatic rings. The molecule has 0 aliphatic carbocycles. The van der Waals surface area contributed by atoms with Gasteiger partial charge in [0.05, 0.1) is 22.2 Å². The van der Waals surface area contributed by atoms with Crippen molar-refractivity contribution in [2.75, 3.05) is 0 Å². The molecule has 0 spiro atoms. The highest BCUT2D eigenvalue weighted by molar-refractivity contribution is 6.65. The first-order valence-electron chi connectivity index (χ1n) is 19.8. The van der Waals surface area contributed by atoms with Gasteiger partial charge < -0.3 is 19.0 Å². The van der Waals surface area contributed by atoms with Gasteiger partial charge in [0.1, 0.15) is 10.7 Å². The standard InChI is InChI=1S/C49H48BClN2O4/c1-26-20-35(42(45(54)55)44(51)52-26)28-15-19-39-36(21-28)37-22-29-13-12-27-14-18-38(50-56-48(8,9)49(10,11)57-50)33-16-17-34(41(29)40(27)33)43(37)53(39)32-24-30(46(2,3)4)23-31(25-32)47(5,6)7/h12-25H,1-11H3,(H,54,55). The number of carboxylic acids is 1. The fourth-order valence-corrected chi connectivity index (χ4v) is 9.00. The van der Waals surface area contributed by atoms with E-state index in [-0.39, 0.29) is 21.5 Å². The van der Waals surface area contributed by atoms with Gasteiger partial charge in [-0.2, -0.15) is 0 Å². The molecule has 6 nitrogen and oxygen atoms in total. The van der Waals surface area contributed by atoms with Crippen LogP contribution in [-0.2, 0) is 20.1 Å². The number of aryl methyl sites for hydroxylation is 1. The Morgan fingerprint density at radius 2 is 1.32 bits per heavy atom. The zero-order valence-corrected chi connectivity index (χ0v) is 35.4. The first kappa shape index (κ1) is 37.6. The van der Waals surface area contributed by atoms with Gasteiger partial charge in [0.15, 0.2) is 0 Å². The van der Waals surface area contributed by atoms with Crippen LogP contribution >= 0.6 is 11.6 Å². The molecule has 1 aliphatic heterocycles. The van der Waals surface area contributed by atoms with Crippen LogP contribution in [-0.4, -0.2) is 38.9 Å². The molecule has 57 heavy (non-hydrogen) atoms. The molecule has 2 aromatic heterocycles. The average molecular weight is 775 g/mol. The molecule has 1 N–H and O–H groups in total. The Labute approximate surface area is 339 Å². The number of aromatic carboxylic acids is 1. The summed E-state index contributed by atoms with van der Waals surface area (Å²) in [5, 5.41) is 19.3. The van der Waals surface area contributed by atoms with Crippen LogP contribution in [0.25, 0.3) is 70.9 Å². The molecule has 8 heteroatoms. The summed E-state index contributed by atoms with van der Waals surface area (Å²) in [4.78, 5) is 16.9. The Morgan fingerprint density at radius 3 is 1.95 bits per heavy atom. The molecule has 6 aromatic carbocycles. The van der Waals surface area contributed by atoms with E-state index in [0.29, 0.717) is 11.3 Å². The van der Waals surface area contributed by atoms with E-state index in [9.17, 15) is 9.90 Å². The van der Waals surface area contributed by atoms with Gasteiger partial charge in [-0.25, -0.2) is 9.78 Å². The molecule has 0 amide bonds. The number of hydrogen-bond acceptors (Lipinski definition) is 4. The minimum absolute atomic E-state index is 0.00155. The van der Waals surface area contributed by atoms with Gasteiger partial charge in [-0.15, -0.1) is 0 Å². The van der Waals surface area contributed by atoms with Crippen molar-refractivity contribution in [1.82, 2.24) is 9.55 Å². The molecular weight excluding hydrogens is 727 g/mol. The van der Waals surface area contributed by atoms with Crippen molar-refractivity contribution < 1.29 is 19.2 Å². The number of carboxylic acid groups (broad SMARTS) is 1. The largest absolute Gasteiger partial charge is 0.495 e. The molecule has 0 radical (unpaired) electrons. The molecule has 1 saturated heterocycles. The van der Waals surface area contributed by atoms with E-state index in [4.69, 9.17) is 20.9 Å². The summed E-state index contributed by atoms with van der Waals surface area (Å²) in [6.07, 6.45) is 0. The highest BCUT2D eigenvalue weighted by Crippen LogP contribution is 2.46. The SMILES string of the molecule is Cc1cc(-c2ccc3c(c2)c2cc4ccc5ccc(B6OC(C)(C)C(C)(C)O6)c6ccc(c4c56)c2n3-c2cc(C(C)(C)C)cc(C(C)(C)C)c2)c(C(=O)O)c(Cl)n1. The van der Waals surface area contributed by atoms with Crippen molar-refractivity contribution in [2.24, 2.45) is 0 Å². The average Bonchev–Trinajstić information content (AvgIpc) is 3.56. The van der Waals surface area contributed by atoms with E-state index in [1.165, 1.54) is 21.9 Å². The van der Waals surface area contributed by atoms with Crippen molar-refractivity contribution in [3.05, 3.63) is 112 Å². The number of halogens is 1. The van der Waals surface area contributed by atoms with Gasteiger partial charge >= 0.3 is 13.1 Å². The van der Waals surface area contributed by atoms with Crippen LogP contribution in [0.4, 0.5) is 0 Å². The van der Waals surface area contributed by atoms with Gasteiger partial charge in [0, 0.05) is 33.1 Å². The molecule has 1 fully saturated rings. The van der Waals surface area contributed by atoms with Gasteiger partial charge in [-0.3, -0.25) is 0 Å². The third-order valence-corrected chi connectivity index (χ3v) is 12.9. The van der Waals surface area contributed by atoms with Crippen molar-refractivity contribution in [3.63, 3.8) is 0 Å². The topological polar surface area (TPSA) is 73.6 Å². The number of fused-ring (bicyclic) bond motifs is 4. The first-order chi connectivity index (χ1) is 26.6. The Hall–Kier alpha value is -4.95. The molecule has 9 rings (SSSR count). The summed E-state index contributed by atoms with van der Waals surface area (Å²) in [5.74, 6) is -1.11. The number of benzene rings is 6. The van der Waals surface area contributed by atoms with Crippen molar-refractivity contribution in [3.8, 4) is 16.8 Å². The van der Waals surface area contributed by atoms with Gasteiger partial charge in [0.25, 0.3) is 0 Å². The number of carbonyl (C=O) groups is 1. The number of rotatable bonds is 4. The number of hydrogen-bond donors (Lipinski definition) is 1. The zero-order chi connectivity index (χ0) is 40.7. The van der Waals surface area contributed by atoms with E-state index >= 15 is 0 Å². The smallest absolute Gasteiger partial charge is 0.478 e. The normalized spacial score (nSPS) is 16.0. The fraction of sp³-hybridized carbons (Fsp3) is 0.306. The molecule has 0 saturated carbocycles. The maximum atomic E-state index is 12.6. The molecule has 0 atom stereocenters. The molecule has 8 aromatic rings. The Balaban J connectivity index is 1.42. The lowest BCUT2D eigenvalue weighted by Gasteiger charge is -2.32. The predicted octanol–water partition coefficient (Wildman–Crippen LogP) is 12.3. The highest BCUT2D eigenvalue weighted by atomic mass is 35.5. The van der Waals surface area contributed by atoms with E-state index in [0.717, 1.165) is 60.1 Å².